The third-order valence-electron chi connectivity index (χ3n) is 3.68. The van der Waals surface area contributed by atoms with Crippen LogP contribution in [0.25, 0.3) is 0 Å². The van der Waals surface area contributed by atoms with Gasteiger partial charge in [0.1, 0.15) is 0 Å². The number of sulfonamides is 1. The van der Waals surface area contributed by atoms with Crippen molar-refractivity contribution in [2.75, 3.05) is 18.8 Å². The first kappa shape index (κ1) is 20.4. The standard InChI is InChI=1S/C17H30N4O2S/c1-5-18-17(21-15(4)14(2)3)19-11-12-24(22,23)20-13-16-9-7-6-8-10-16/h6-10,14-15,20H,5,11-13H2,1-4H3,(H2,18,19,21). The number of nitrogens with one attached hydrogen (secondary N) is 3. The second-order valence-corrected chi connectivity index (χ2v) is 7.99. The molecule has 6 nitrogen and oxygen atoms in total. The molecule has 1 rings (SSSR count). The molecule has 1 unspecified atom stereocenters. The summed E-state index contributed by atoms with van der Waals surface area (Å²) in [5, 5.41) is 6.42. The predicted molar refractivity (Wildman–Crippen MR) is 100 cm³/mol. The van der Waals surface area contributed by atoms with E-state index in [1.165, 1.54) is 0 Å². The van der Waals surface area contributed by atoms with Gasteiger partial charge >= 0.3 is 0 Å². The molecule has 0 heterocycles. The highest BCUT2D eigenvalue weighted by molar-refractivity contribution is 7.89. The minimum atomic E-state index is -3.35. The molecule has 1 aromatic carbocycles. The number of benzene rings is 1. The van der Waals surface area contributed by atoms with Crippen LogP contribution in [0, 0.1) is 5.92 Å². The first-order chi connectivity index (χ1) is 11.3. The van der Waals surface area contributed by atoms with Gasteiger partial charge in [0.25, 0.3) is 0 Å². The van der Waals surface area contributed by atoms with E-state index in [-0.39, 0.29) is 18.3 Å². The van der Waals surface area contributed by atoms with Crippen molar-refractivity contribution in [3.63, 3.8) is 0 Å². The van der Waals surface area contributed by atoms with Crippen LogP contribution in [0.5, 0.6) is 0 Å². The smallest absolute Gasteiger partial charge is 0.213 e. The van der Waals surface area contributed by atoms with Crippen LogP contribution in [-0.2, 0) is 16.6 Å². The van der Waals surface area contributed by atoms with E-state index in [4.69, 9.17) is 0 Å². The first-order valence-electron chi connectivity index (χ1n) is 8.40. The third-order valence-corrected chi connectivity index (χ3v) is 4.98. The van der Waals surface area contributed by atoms with Crippen molar-refractivity contribution in [3.05, 3.63) is 35.9 Å². The lowest BCUT2D eigenvalue weighted by Gasteiger charge is -2.20. The van der Waals surface area contributed by atoms with E-state index in [0.29, 0.717) is 18.4 Å². The van der Waals surface area contributed by atoms with Crippen molar-refractivity contribution < 1.29 is 8.42 Å². The molecule has 0 saturated carbocycles. The summed E-state index contributed by atoms with van der Waals surface area (Å²) in [4.78, 5) is 4.35. The molecule has 24 heavy (non-hydrogen) atoms. The van der Waals surface area contributed by atoms with E-state index in [9.17, 15) is 8.42 Å². The Bertz CT molecular complexity index is 600. The lowest BCUT2D eigenvalue weighted by Crippen LogP contribution is -2.44. The Morgan fingerprint density at radius 1 is 1.17 bits per heavy atom. The van der Waals surface area contributed by atoms with Gasteiger partial charge in [-0.1, -0.05) is 44.2 Å². The number of rotatable bonds is 9. The fraction of sp³-hybridized carbons (Fsp3) is 0.588. The Balaban J connectivity index is 2.51. The van der Waals surface area contributed by atoms with Crippen molar-refractivity contribution in [3.8, 4) is 0 Å². The van der Waals surface area contributed by atoms with Crippen molar-refractivity contribution in [2.45, 2.75) is 40.3 Å². The number of aliphatic imine (C=N–C) groups is 1. The zero-order valence-corrected chi connectivity index (χ0v) is 15.9. The summed E-state index contributed by atoms with van der Waals surface area (Å²) < 4.78 is 26.7. The Morgan fingerprint density at radius 2 is 1.83 bits per heavy atom. The van der Waals surface area contributed by atoms with Crippen LogP contribution >= 0.6 is 0 Å². The molecule has 0 radical (unpaired) electrons. The monoisotopic (exact) mass is 354 g/mol. The fourth-order valence-corrected chi connectivity index (χ4v) is 2.70. The number of guanidine groups is 1. The molecule has 136 valence electrons. The van der Waals surface area contributed by atoms with E-state index in [1.807, 2.05) is 37.3 Å². The summed E-state index contributed by atoms with van der Waals surface area (Å²) in [6.07, 6.45) is 0. The lowest BCUT2D eigenvalue weighted by molar-refractivity contribution is 0.481. The maximum Gasteiger partial charge on any atom is 0.213 e. The van der Waals surface area contributed by atoms with Gasteiger partial charge < -0.3 is 10.6 Å². The van der Waals surface area contributed by atoms with Gasteiger partial charge in [0.05, 0.1) is 12.3 Å². The number of nitrogens with zero attached hydrogens (tertiary/aromatic N) is 1. The van der Waals surface area contributed by atoms with Gasteiger partial charge in [-0.25, -0.2) is 13.1 Å². The summed E-state index contributed by atoms with van der Waals surface area (Å²) in [6, 6.07) is 9.72. The van der Waals surface area contributed by atoms with Crippen LogP contribution in [0.1, 0.15) is 33.3 Å². The van der Waals surface area contributed by atoms with E-state index in [0.717, 1.165) is 12.1 Å². The molecule has 0 amide bonds. The summed E-state index contributed by atoms with van der Waals surface area (Å²) in [6.45, 7) is 9.55. The zero-order valence-electron chi connectivity index (χ0n) is 15.0. The summed E-state index contributed by atoms with van der Waals surface area (Å²) in [5.74, 6) is 1.08. The van der Waals surface area contributed by atoms with Gasteiger partial charge in [0.2, 0.25) is 10.0 Å². The Hall–Kier alpha value is -1.60. The molecular weight excluding hydrogens is 324 g/mol. The van der Waals surface area contributed by atoms with Crippen LogP contribution in [0.3, 0.4) is 0 Å². The van der Waals surface area contributed by atoms with Gasteiger partial charge in [-0.05, 0) is 25.3 Å². The predicted octanol–water partition coefficient (Wildman–Crippen LogP) is 1.71. The molecule has 0 fully saturated rings. The SMILES string of the molecule is CCNC(=NCCS(=O)(=O)NCc1ccccc1)NC(C)C(C)C. The van der Waals surface area contributed by atoms with Gasteiger partial charge in [0.15, 0.2) is 5.96 Å². The van der Waals surface area contributed by atoms with Gasteiger partial charge in [-0.2, -0.15) is 0 Å². The second-order valence-electron chi connectivity index (χ2n) is 6.06. The Morgan fingerprint density at radius 3 is 2.42 bits per heavy atom. The highest BCUT2D eigenvalue weighted by atomic mass is 32.2. The van der Waals surface area contributed by atoms with Crippen molar-refractivity contribution in [1.82, 2.24) is 15.4 Å². The Kier molecular flexibility index (Phi) is 8.78. The molecule has 0 aliphatic rings. The van der Waals surface area contributed by atoms with Crippen molar-refractivity contribution in [2.24, 2.45) is 10.9 Å². The maximum atomic E-state index is 12.1. The highest BCUT2D eigenvalue weighted by Gasteiger charge is 2.11. The average Bonchev–Trinajstić information content (AvgIpc) is 2.54. The van der Waals surface area contributed by atoms with E-state index in [2.05, 4.69) is 41.1 Å². The second kappa shape index (κ2) is 10.3. The van der Waals surface area contributed by atoms with Gasteiger partial charge in [0, 0.05) is 19.1 Å². The molecule has 1 aromatic rings. The van der Waals surface area contributed by atoms with E-state index < -0.39 is 10.0 Å². The topological polar surface area (TPSA) is 82.6 Å². The number of hydrogen-bond donors (Lipinski definition) is 3. The highest BCUT2D eigenvalue weighted by Crippen LogP contribution is 2.00. The van der Waals surface area contributed by atoms with Crippen LogP contribution in [0.2, 0.25) is 0 Å². The summed E-state index contributed by atoms with van der Waals surface area (Å²) in [7, 11) is -3.35. The molecular formula is C17H30N4O2S. The molecule has 0 bridgehead atoms. The molecule has 0 aliphatic heterocycles. The molecule has 0 saturated heterocycles. The number of hydrogen-bond acceptors (Lipinski definition) is 3. The minimum Gasteiger partial charge on any atom is -0.357 e. The zero-order chi connectivity index (χ0) is 18.0. The summed E-state index contributed by atoms with van der Waals surface area (Å²) in [5.41, 5.74) is 0.935. The lowest BCUT2D eigenvalue weighted by atomic mass is 10.1. The third kappa shape index (κ3) is 8.31. The average molecular weight is 355 g/mol. The fourth-order valence-electron chi connectivity index (χ4n) is 1.84. The molecule has 1 atom stereocenters. The minimum absolute atomic E-state index is 0.0353. The van der Waals surface area contributed by atoms with Crippen LogP contribution < -0.4 is 15.4 Å². The molecule has 0 aliphatic carbocycles. The van der Waals surface area contributed by atoms with E-state index >= 15 is 0 Å². The largest absolute Gasteiger partial charge is 0.357 e. The van der Waals surface area contributed by atoms with Crippen LogP contribution in [0.4, 0.5) is 0 Å². The van der Waals surface area contributed by atoms with E-state index in [1.54, 1.807) is 0 Å². The maximum absolute atomic E-state index is 12.1. The van der Waals surface area contributed by atoms with Crippen molar-refractivity contribution >= 4 is 16.0 Å². The van der Waals surface area contributed by atoms with Gasteiger partial charge in [-0.3, -0.25) is 4.99 Å². The van der Waals surface area contributed by atoms with Crippen molar-refractivity contribution in [1.29, 1.82) is 0 Å². The molecule has 7 heteroatoms. The van der Waals surface area contributed by atoms with Gasteiger partial charge in [-0.15, -0.1) is 0 Å². The Labute approximate surface area is 146 Å². The summed E-state index contributed by atoms with van der Waals surface area (Å²) >= 11 is 0. The molecule has 0 spiro atoms. The van der Waals surface area contributed by atoms with Crippen LogP contribution in [0.15, 0.2) is 35.3 Å². The first-order valence-corrected chi connectivity index (χ1v) is 10.1. The van der Waals surface area contributed by atoms with Crippen LogP contribution in [-0.4, -0.2) is 39.3 Å². The normalized spacial score (nSPS) is 13.8. The quantitative estimate of drug-likeness (QED) is 0.466. The molecule has 0 aromatic heterocycles. The molecule has 3 N–H and O–H groups in total.